The van der Waals surface area contributed by atoms with Gasteiger partial charge in [0.25, 0.3) is 30.4 Å². The van der Waals surface area contributed by atoms with Crippen LogP contribution in [0.4, 0.5) is 45.5 Å². The van der Waals surface area contributed by atoms with Crippen LogP contribution in [0, 0.1) is 0 Å². The fourth-order valence-corrected chi connectivity index (χ4v) is 8.68. The van der Waals surface area contributed by atoms with Gasteiger partial charge in [-0.15, -0.1) is 25.6 Å². The van der Waals surface area contributed by atoms with E-state index in [1.54, 1.807) is 30.3 Å². The summed E-state index contributed by atoms with van der Waals surface area (Å²) in [5, 5.41) is 40.1. The minimum Gasteiger partial charge on any atom is -0.505 e. The van der Waals surface area contributed by atoms with Crippen LogP contribution in [-0.2, 0) is 36.9 Å². The number of benzene rings is 7. The molecule has 68 heavy (non-hydrogen) atoms. The number of hydrogen-bond acceptors (Lipinski definition) is 19. The third-order valence-corrected chi connectivity index (χ3v) is 12.6. The molecule has 0 aliphatic heterocycles. The number of phenolic OH excluding ortho intramolecular Hbond substituents is 1. The molecular formula is C43H38N8O14S3. The van der Waals surface area contributed by atoms with Crippen LogP contribution < -0.4 is 30.0 Å². The lowest BCUT2D eigenvalue weighted by molar-refractivity contribution is 0.403. The molecule has 352 valence electrons. The molecule has 0 aliphatic rings. The summed E-state index contributed by atoms with van der Waals surface area (Å²) < 4.78 is 125. The lowest BCUT2D eigenvalue weighted by atomic mass is 10.1. The van der Waals surface area contributed by atoms with Gasteiger partial charge in [0.05, 0.1) is 39.0 Å². The second-order valence-corrected chi connectivity index (χ2v) is 18.5. The zero-order chi connectivity index (χ0) is 49.1. The number of nitrogen functional groups attached to an aromatic ring is 1. The highest BCUT2D eigenvalue weighted by Crippen LogP contribution is 2.46. The maximum atomic E-state index is 12.6. The van der Waals surface area contributed by atoms with E-state index in [9.17, 15) is 44.0 Å². The van der Waals surface area contributed by atoms with Crippen LogP contribution in [0.3, 0.4) is 0 Å². The smallest absolute Gasteiger partial charge is 0.296 e. The predicted molar refractivity (Wildman–Crippen MR) is 249 cm³/mol. The molecule has 0 fully saturated rings. The van der Waals surface area contributed by atoms with Gasteiger partial charge in [-0.2, -0.15) is 30.4 Å². The van der Waals surface area contributed by atoms with Gasteiger partial charge in [0.1, 0.15) is 61.2 Å². The molecule has 0 saturated heterocycles. The first-order valence-electron chi connectivity index (χ1n) is 19.4. The molecule has 0 aromatic heterocycles. The number of hydrogen-bond donors (Lipinski definition) is 6. The minimum absolute atomic E-state index is 0.00347. The van der Waals surface area contributed by atoms with Crippen molar-refractivity contribution in [2.45, 2.75) is 21.2 Å². The third kappa shape index (κ3) is 10.6. The quantitative estimate of drug-likeness (QED) is 0.0298. The van der Waals surface area contributed by atoms with E-state index in [2.05, 4.69) is 36.0 Å². The van der Waals surface area contributed by atoms with Crippen LogP contribution in [0.25, 0.3) is 21.5 Å². The van der Waals surface area contributed by atoms with Gasteiger partial charge in [-0.3, -0.25) is 13.7 Å². The number of azo groups is 3. The SMILES string of the molecule is COc1cc(N=Nc2cc(OC)c(N=Nc3c(S(=O)(=O)O)cc4cc(NCc5ccc(N)cc5)ccc4c3O)cc2OC)c(OC)cc1N=Nc1ccc2cc(S(=O)(=O)O)cc(S(=O)(=O)O)c2c1. The average molecular weight is 987 g/mol. The van der Waals surface area contributed by atoms with E-state index in [1.807, 2.05) is 12.1 Å². The fourth-order valence-electron chi connectivity index (χ4n) is 6.67. The lowest BCUT2D eigenvalue weighted by Gasteiger charge is -2.12. The molecule has 0 heterocycles. The Balaban J connectivity index is 1.17. The Morgan fingerprint density at radius 1 is 0.515 bits per heavy atom. The molecule has 0 radical (unpaired) electrons. The number of rotatable bonds is 16. The van der Waals surface area contributed by atoms with Crippen molar-refractivity contribution in [3.63, 3.8) is 0 Å². The summed E-state index contributed by atoms with van der Waals surface area (Å²) in [6.45, 7) is 0.422. The summed E-state index contributed by atoms with van der Waals surface area (Å²) in [6, 6.07) is 24.4. The van der Waals surface area contributed by atoms with Crippen LogP contribution in [0.2, 0.25) is 0 Å². The van der Waals surface area contributed by atoms with Crippen molar-refractivity contribution < 1.29 is 63.0 Å². The Labute approximate surface area is 387 Å². The molecule has 0 atom stereocenters. The van der Waals surface area contributed by atoms with Gasteiger partial charge in [-0.05, 0) is 77.0 Å². The number of fused-ring (bicyclic) bond motifs is 2. The lowest BCUT2D eigenvalue weighted by Crippen LogP contribution is -2.04. The normalized spacial score (nSPS) is 12.4. The summed E-state index contributed by atoms with van der Waals surface area (Å²) >= 11 is 0. The summed E-state index contributed by atoms with van der Waals surface area (Å²) in [4.78, 5) is -2.24. The molecule has 0 spiro atoms. The fraction of sp³-hybridized carbons (Fsp3) is 0.116. The van der Waals surface area contributed by atoms with Gasteiger partial charge < -0.3 is 35.1 Å². The van der Waals surface area contributed by atoms with Crippen LogP contribution in [0.5, 0.6) is 28.7 Å². The highest BCUT2D eigenvalue weighted by molar-refractivity contribution is 7.87. The number of nitrogens with zero attached hydrogens (tertiary/aromatic N) is 6. The molecule has 7 aromatic carbocycles. The van der Waals surface area contributed by atoms with E-state index < -0.39 is 56.5 Å². The van der Waals surface area contributed by atoms with E-state index in [0.29, 0.717) is 24.0 Å². The maximum absolute atomic E-state index is 12.6. The second kappa shape index (κ2) is 19.2. The first-order chi connectivity index (χ1) is 32.2. The number of phenols is 1. The monoisotopic (exact) mass is 986 g/mol. The first kappa shape index (κ1) is 48.1. The molecule has 0 unspecified atom stereocenters. The summed E-state index contributed by atoms with van der Waals surface area (Å²) in [5.74, 6) is -0.142. The Hall–Kier alpha value is -7.81. The molecule has 7 N–H and O–H groups in total. The van der Waals surface area contributed by atoms with Gasteiger partial charge in [0, 0.05) is 53.0 Å². The van der Waals surface area contributed by atoms with Crippen LogP contribution in [0.15, 0.2) is 149 Å². The number of nitrogens with two attached hydrogens (primary N) is 1. The van der Waals surface area contributed by atoms with Crippen LogP contribution in [-0.4, -0.2) is 72.5 Å². The standard InChI is InChI=1S/C43H38N8O14S3/c1-62-36-19-33(37(63-2)18-32(36)47-46-28-10-7-24-14-29(66(53,54)55)17-40(31(24)16-28)67(56,57)58)48-49-34-20-39(65-4)35(21-38(34)64-3)50-51-42-41(68(59,60)61)15-25-13-27(11-12-30(25)43(42)52)45-22-23-5-8-26(44)9-6-23/h5-21,45,52H,22,44H2,1-4H3,(H,53,54,55)(H,56,57,58)(H,59,60,61). The van der Waals surface area contributed by atoms with Crippen LogP contribution in [0.1, 0.15) is 5.56 Å². The first-order valence-corrected chi connectivity index (χ1v) is 23.7. The number of aromatic hydroxyl groups is 1. The molecule has 0 bridgehead atoms. The molecule has 7 aromatic rings. The van der Waals surface area contributed by atoms with Crippen LogP contribution >= 0.6 is 0 Å². The van der Waals surface area contributed by atoms with E-state index in [4.69, 9.17) is 24.7 Å². The Morgan fingerprint density at radius 3 is 1.53 bits per heavy atom. The van der Waals surface area contributed by atoms with Gasteiger partial charge in [-0.25, -0.2) is 0 Å². The van der Waals surface area contributed by atoms with E-state index in [-0.39, 0.29) is 73.0 Å². The Morgan fingerprint density at radius 2 is 1.03 bits per heavy atom. The Bertz CT molecular complexity index is 3570. The maximum Gasteiger partial charge on any atom is 0.296 e. The average Bonchev–Trinajstić information content (AvgIpc) is 3.30. The number of methoxy groups -OCH3 is 4. The minimum atomic E-state index is -4.96. The highest BCUT2D eigenvalue weighted by Gasteiger charge is 2.24. The van der Waals surface area contributed by atoms with Gasteiger partial charge in [-0.1, -0.05) is 18.2 Å². The molecule has 22 nitrogen and oxygen atoms in total. The number of nitrogens with one attached hydrogen (secondary N) is 1. The zero-order valence-electron chi connectivity index (χ0n) is 35.9. The Kier molecular flexibility index (Phi) is 13.6. The van der Waals surface area contributed by atoms with Crippen molar-refractivity contribution in [3.05, 3.63) is 109 Å². The van der Waals surface area contributed by atoms with Gasteiger partial charge in [0.2, 0.25) is 0 Å². The summed E-state index contributed by atoms with van der Waals surface area (Å²) in [6.07, 6.45) is 0. The van der Waals surface area contributed by atoms with Crippen molar-refractivity contribution in [2.75, 3.05) is 39.5 Å². The third-order valence-electron chi connectivity index (χ3n) is 10.0. The largest absolute Gasteiger partial charge is 0.505 e. The molecule has 7 rings (SSSR count). The molecule has 0 amide bonds. The molecule has 25 heteroatoms. The highest BCUT2D eigenvalue weighted by atomic mass is 32.2. The predicted octanol–water partition coefficient (Wildman–Crippen LogP) is 9.91. The number of anilines is 2. The molecule has 0 saturated carbocycles. The summed E-state index contributed by atoms with van der Waals surface area (Å²) in [7, 11) is -9.36. The summed E-state index contributed by atoms with van der Waals surface area (Å²) in [5.41, 5.74) is 7.84. The molecule has 0 aliphatic carbocycles. The van der Waals surface area contributed by atoms with Gasteiger partial charge >= 0.3 is 0 Å². The van der Waals surface area contributed by atoms with E-state index >= 15 is 0 Å². The zero-order valence-corrected chi connectivity index (χ0v) is 38.3. The van der Waals surface area contributed by atoms with Crippen molar-refractivity contribution in [3.8, 4) is 28.7 Å². The van der Waals surface area contributed by atoms with Crippen molar-refractivity contribution in [1.29, 1.82) is 0 Å². The molecular weight excluding hydrogens is 949 g/mol. The van der Waals surface area contributed by atoms with Crippen molar-refractivity contribution >= 4 is 97.4 Å². The number of ether oxygens (including phenoxy) is 4. The van der Waals surface area contributed by atoms with Crippen molar-refractivity contribution in [1.82, 2.24) is 0 Å². The van der Waals surface area contributed by atoms with Gasteiger partial charge in [0.15, 0.2) is 5.75 Å². The van der Waals surface area contributed by atoms with E-state index in [1.165, 1.54) is 70.9 Å². The second-order valence-electron chi connectivity index (χ2n) is 14.3. The topological polar surface area (TPSA) is 332 Å². The van der Waals surface area contributed by atoms with Crippen molar-refractivity contribution in [2.24, 2.45) is 30.7 Å². The van der Waals surface area contributed by atoms with E-state index in [0.717, 1.165) is 17.7 Å².